The fourth-order valence-electron chi connectivity index (χ4n) is 2.06. The van der Waals surface area contributed by atoms with Crippen LogP contribution in [0.5, 0.6) is 0 Å². The summed E-state index contributed by atoms with van der Waals surface area (Å²) >= 11 is 0. The average molecular weight is 225 g/mol. The summed E-state index contributed by atoms with van der Waals surface area (Å²) in [5.41, 5.74) is 7.53. The van der Waals surface area contributed by atoms with Crippen LogP contribution in [0, 0.1) is 5.92 Å². The fraction of sp³-hybridized carbons (Fsp3) is 0.857. The van der Waals surface area contributed by atoms with Gasteiger partial charge in [0, 0.05) is 0 Å². The molecule has 0 aliphatic heterocycles. The van der Waals surface area contributed by atoms with Crippen molar-refractivity contribution in [2.45, 2.75) is 65.0 Å². The van der Waals surface area contributed by atoms with Crippen molar-refractivity contribution in [3.8, 4) is 0 Å². The molecule has 0 aromatic carbocycles. The van der Waals surface area contributed by atoms with Gasteiger partial charge < -0.3 is 10.5 Å². The van der Waals surface area contributed by atoms with Gasteiger partial charge in [0.15, 0.2) is 0 Å². The van der Waals surface area contributed by atoms with Gasteiger partial charge in [-0.05, 0) is 44.4 Å². The molecule has 0 spiro atoms. The average Bonchev–Trinajstić information content (AvgIpc) is 2.28. The van der Waals surface area contributed by atoms with Crippen molar-refractivity contribution in [2.75, 3.05) is 6.61 Å². The Labute approximate surface area is 100 Å². The second-order valence-corrected chi connectivity index (χ2v) is 5.27. The first-order chi connectivity index (χ1) is 7.68. The topological polar surface area (TPSA) is 35.2 Å². The molecule has 1 fully saturated rings. The Balaban J connectivity index is 2.08. The fourth-order valence-corrected chi connectivity index (χ4v) is 2.06. The second kappa shape index (κ2) is 7.86. The summed E-state index contributed by atoms with van der Waals surface area (Å²) < 4.78 is 5.54. The van der Waals surface area contributed by atoms with E-state index in [4.69, 9.17) is 10.5 Å². The third kappa shape index (κ3) is 6.29. The number of allylic oxidation sites excluding steroid dienone is 2. The molecule has 1 rings (SSSR count). The van der Waals surface area contributed by atoms with Crippen LogP contribution in [0.3, 0.4) is 0 Å². The molecule has 0 radical (unpaired) electrons. The second-order valence-electron chi connectivity index (χ2n) is 5.27. The molecule has 1 aliphatic carbocycles. The quantitative estimate of drug-likeness (QED) is 0.553. The molecule has 1 saturated carbocycles. The van der Waals surface area contributed by atoms with Crippen LogP contribution in [-0.4, -0.2) is 12.8 Å². The molecule has 1 unspecified atom stereocenters. The van der Waals surface area contributed by atoms with E-state index in [1.165, 1.54) is 32.1 Å². The lowest BCUT2D eigenvalue weighted by Crippen LogP contribution is -2.25. The molecule has 0 bridgehead atoms. The van der Waals surface area contributed by atoms with E-state index in [0.717, 1.165) is 19.4 Å². The first-order valence-corrected chi connectivity index (χ1v) is 6.73. The maximum atomic E-state index is 5.89. The van der Waals surface area contributed by atoms with Gasteiger partial charge in [-0.15, -0.1) is 0 Å². The summed E-state index contributed by atoms with van der Waals surface area (Å²) in [5.74, 6) is 0.572. The molecule has 0 aromatic heterocycles. The molecule has 0 amide bonds. The lowest BCUT2D eigenvalue weighted by atomic mass is 9.94. The minimum Gasteiger partial charge on any atom is -0.363 e. The molecule has 0 heterocycles. The van der Waals surface area contributed by atoms with Crippen LogP contribution in [-0.2, 0) is 4.74 Å². The van der Waals surface area contributed by atoms with Gasteiger partial charge in [-0.3, -0.25) is 0 Å². The number of hydrogen-bond acceptors (Lipinski definition) is 2. The van der Waals surface area contributed by atoms with E-state index in [1.54, 1.807) is 5.57 Å². The summed E-state index contributed by atoms with van der Waals surface area (Å²) in [6, 6.07) is 0. The third-order valence-electron chi connectivity index (χ3n) is 3.02. The summed E-state index contributed by atoms with van der Waals surface area (Å²) in [6.45, 7) is 5.07. The predicted molar refractivity (Wildman–Crippen MR) is 69.2 cm³/mol. The molecular weight excluding hydrogens is 198 g/mol. The monoisotopic (exact) mass is 225 g/mol. The smallest absolute Gasteiger partial charge is 0.105 e. The number of hydrogen-bond donors (Lipinski definition) is 1. The summed E-state index contributed by atoms with van der Waals surface area (Å²) in [7, 11) is 0. The standard InChI is InChI=1S/C14H27NO/c1-12(2)11-16-14(15)10-6-9-13-7-4-3-5-8-13/h9,12,14H,3-8,10-11,15H2,1-2H3. The van der Waals surface area contributed by atoms with Crippen LogP contribution < -0.4 is 5.73 Å². The molecule has 94 valence electrons. The van der Waals surface area contributed by atoms with Crippen LogP contribution >= 0.6 is 0 Å². The summed E-state index contributed by atoms with van der Waals surface area (Å²) in [6.07, 6.45) is 11.1. The van der Waals surface area contributed by atoms with E-state index in [9.17, 15) is 0 Å². The van der Waals surface area contributed by atoms with Crippen LogP contribution in [0.4, 0.5) is 0 Å². The Morgan fingerprint density at radius 1 is 1.25 bits per heavy atom. The molecule has 2 N–H and O–H groups in total. The van der Waals surface area contributed by atoms with E-state index in [-0.39, 0.29) is 6.23 Å². The zero-order chi connectivity index (χ0) is 11.8. The van der Waals surface area contributed by atoms with E-state index < -0.39 is 0 Å². The van der Waals surface area contributed by atoms with Crippen LogP contribution in [0.2, 0.25) is 0 Å². The highest BCUT2D eigenvalue weighted by Crippen LogP contribution is 2.23. The van der Waals surface area contributed by atoms with Gasteiger partial charge in [-0.2, -0.15) is 0 Å². The SMILES string of the molecule is CC(C)COC(N)CCC=C1CCCCC1. The number of ether oxygens (including phenoxy) is 1. The van der Waals surface area contributed by atoms with Crippen molar-refractivity contribution in [3.05, 3.63) is 11.6 Å². The molecule has 1 aliphatic rings. The number of nitrogens with two attached hydrogens (primary N) is 1. The van der Waals surface area contributed by atoms with Crippen molar-refractivity contribution < 1.29 is 4.74 Å². The van der Waals surface area contributed by atoms with Crippen molar-refractivity contribution >= 4 is 0 Å². The van der Waals surface area contributed by atoms with Crippen LogP contribution in [0.1, 0.15) is 58.8 Å². The minimum absolute atomic E-state index is 0.0807. The highest BCUT2D eigenvalue weighted by Gasteiger charge is 2.06. The van der Waals surface area contributed by atoms with Crippen molar-refractivity contribution in [3.63, 3.8) is 0 Å². The maximum Gasteiger partial charge on any atom is 0.105 e. The molecule has 0 saturated heterocycles. The molecule has 2 heteroatoms. The molecule has 1 atom stereocenters. The van der Waals surface area contributed by atoms with E-state index in [2.05, 4.69) is 19.9 Å². The minimum atomic E-state index is -0.0807. The summed E-state index contributed by atoms with van der Waals surface area (Å²) in [4.78, 5) is 0. The Hall–Kier alpha value is -0.340. The van der Waals surface area contributed by atoms with Crippen molar-refractivity contribution in [1.29, 1.82) is 0 Å². The lowest BCUT2D eigenvalue weighted by Gasteiger charge is -2.15. The van der Waals surface area contributed by atoms with E-state index >= 15 is 0 Å². The molecule has 0 aromatic rings. The van der Waals surface area contributed by atoms with E-state index in [1.807, 2.05) is 0 Å². The van der Waals surface area contributed by atoms with Crippen molar-refractivity contribution in [1.82, 2.24) is 0 Å². The Kier molecular flexibility index (Phi) is 6.74. The van der Waals surface area contributed by atoms with Crippen LogP contribution in [0.25, 0.3) is 0 Å². The molecule has 16 heavy (non-hydrogen) atoms. The third-order valence-corrected chi connectivity index (χ3v) is 3.02. The molecular formula is C14H27NO. The zero-order valence-electron chi connectivity index (χ0n) is 10.9. The van der Waals surface area contributed by atoms with Crippen LogP contribution in [0.15, 0.2) is 11.6 Å². The van der Waals surface area contributed by atoms with Gasteiger partial charge in [0.2, 0.25) is 0 Å². The van der Waals surface area contributed by atoms with Gasteiger partial charge in [-0.1, -0.05) is 31.9 Å². The normalized spacial score (nSPS) is 18.9. The Morgan fingerprint density at radius 3 is 2.56 bits per heavy atom. The first-order valence-electron chi connectivity index (χ1n) is 6.73. The Bertz CT molecular complexity index is 203. The van der Waals surface area contributed by atoms with Gasteiger partial charge in [0.05, 0.1) is 6.61 Å². The summed E-state index contributed by atoms with van der Waals surface area (Å²) in [5, 5.41) is 0. The van der Waals surface area contributed by atoms with Gasteiger partial charge >= 0.3 is 0 Å². The van der Waals surface area contributed by atoms with Gasteiger partial charge in [0.25, 0.3) is 0 Å². The maximum absolute atomic E-state index is 5.89. The largest absolute Gasteiger partial charge is 0.363 e. The van der Waals surface area contributed by atoms with E-state index in [0.29, 0.717) is 5.92 Å². The zero-order valence-corrected chi connectivity index (χ0v) is 10.9. The Morgan fingerprint density at radius 2 is 1.94 bits per heavy atom. The highest BCUT2D eigenvalue weighted by molar-refractivity contribution is 5.03. The first kappa shape index (κ1) is 13.7. The lowest BCUT2D eigenvalue weighted by molar-refractivity contribution is 0.0354. The highest BCUT2D eigenvalue weighted by atomic mass is 16.5. The van der Waals surface area contributed by atoms with Crippen molar-refractivity contribution in [2.24, 2.45) is 11.7 Å². The van der Waals surface area contributed by atoms with Gasteiger partial charge in [0.1, 0.15) is 6.23 Å². The molecule has 2 nitrogen and oxygen atoms in total. The van der Waals surface area contributed by atoms with Gasteiger partial charge in [-0.25, -0.2) is 0 Å². The number of rotatable bonds is 6. The predicted octanol–water partition coefficient (Wildman–Crippen LogP) is 3.61.